The average molecular weight is 795 g/mol. The molecule has 0 bridgehead atoms. The minimum Gasteiger partial charge on any atom is -0.437 e. The van der Waals surface area contributed by atoms with Gasteiger partial charge in [0.25, 0.3) is 0 Å². The second kappa shape index (κ2) is 14.7. The summed E-state index contributed by atoms with van der Waals surface area (Å²) >= 11 is 6.32. The van der Waals surface area contributed by atoms with Crippen LogP contribution in [0.15, 0.2) is 12.3 Å². The van der Waals surface area contributed by atoms with Crippen molar-refractivity contribution in [2.24, 2.45) is 10.8 Å². The van der Waals surface area contributed by atoms with E-state index in [0.717, 1.165) is 0 Å². The van der Waals surface area contributed by atoms with Gasteiger partial charge in [0.15, 0.2) is 26.7 Å². The lowest BCUT2D eigenvalue weighted by atomic mass is 9.89. The van der Waals surface area contributed by atoms with Gasteiger partial charge < -0.3 is 43.8 Å². The number of sulfone groups is 1. The molecule has 0 aromatic carbocycles. The fourth-order valence-corrected chi connectivity index (χ4v) is 10.4. The van der Waals surface area contributed by atoms with Crippen molar-refractivity contribution in [2.75, 3.05) is 56.6 Å². The number of hydrogen-bond donors (Lipinski definition) is 3. The van der Waals surface area contributed by atoms with E-state index in [1.807, 2.05) is 6.07 Å². The van der Waals surface area contributed by atoms with Gasteiger partial charge in [-0.1, -0.05) is 11.6 Å². The number of fused-ring (bicyclic) bond motifs is 1. The van der Waals surface area contributed by atoms with Crippen LogP contribution in [-0.2, 0) is 56.7 Å². The summed E-state index contributed by atoms with van der Waals surface area (Å²) in [5, 5.41) is 34.9. The van der Waals surface area contributed by atoms with Gasteiger partial charge in [-0.05, 0) is 32.8 Å². The molecule has 3 saturated heterocycles. The molecule has 3 N–H and O–H groups in total. The van der Waals surface area contributed by atoms with Gasteiger partial charge in [-0.15, -0.1) is 0 Å². The SMILES string of the molecule is CC1(C(=O)OCOP(=O)(CS(=O)(=O)C[C@H]2O[C@@H](n3ccc4c(NC5CC(F)C5)c(C#N)c(Cl)nc43)[C@H](O)[C@@H]2O)OCOC(=O)C2(C)COC2)COC1. The summed E-state index contributed by atoms with van der Waals surface area (Å²) in [6.07, 6.45) is -5.55. The van der Waals surface area contributed by atoms with Crippen molar-refractivity contribution in [2.45, 2.75) is 63.4 Å². The molecule has 1 saturated carbocycles. The Balaban J connectivity index is 1.15. The van der Waals surface area contributed by atoms with Crippen molar-refractivity contribution >= 4 is 57.7 Å². The van der Waals surface area contributed by atoms with Crippen molar-refractivity contribution in [3.05, 3.63) is 23.0 Å². The van der Waals surface area contributed by atoms with E-state index in [1.165, 1.54) is 10.8 Å². The number of aliphatic hydroxyl groups excluding tert-OH is 2. The molecule has 4 aliphatic rings. The van der Waals surface area contributed by atoms with E-state index in [9.17, 15) is 42.4 Å². The first-order valence-corrected chi connectivity index (χ1v) is 20.0. The van der Waals surface area contributed by atoms with Crippen LogP contribution in [0.3, 0.4) is 0 Å². The summed E-state index contributed by atoms with van der Waals surface area (Å²) in [6.45, 7) is 1.49. The van der Waals surface area contributed by atoms with Gasteiger partial charge in [0, 0.05) is 17.6 Å². The van der Waals surface area contributed by atoms with Crippen molar-refractivity contribution < 1.29 is 69.9 Å². The minimum atomic E-state index is -4.75. The number of nitrogens with zero attached hydrogens (tertiary/aromatic N) is 3. The predicted molar refractivity (Wildman–Crippen MR) is 175 cm³/mol. The summed E-state index contributed by atoms with van der Waals surface area (Å²) in [7, 11) is -9.30. The molecule has 6 rings (SSSR count). The predicted octanol–water partition coefficient (Wildman–Crippen LogP) is 1.77. The summed E-state index contributed by atoms with van der Waals surface area (Å²) in [6, 6.07) is 3.26. The minimum absolute atomic E-state index is 0.0158. The monoisotopic (exact) mass is 794 g/mol. The van der Waals surface area contributed by atoms with Crippen LogP contribution in [0.5, 0.6) is 0 Å². The maximum Gasteiger partial charge on any atom is 0.351 e. The Morgan fingerprint density at radius 3 is 2.19 bits per heavy atom. The number of carbonyl (C=O) groups is 2. The first kappa shape index (κ1) is 38.8. The molecule has 5 heterocycles. The molecule has 0 amide bonds. The number of aromatic nitrogens is 2. The molecule has 0 radical (unpaired) electrons. The van der Waals surface area contributed by atoms with Crippen LogP contribution in [0.2, 0.25) is 5.15 Å². The fourth-order valence-electron chi connectivity index (χ4n) is 5.94. The Morgan fingerprint density at radius 2 is 1.69 bits per heavy atom. The maximum absolute atomic E-state index is 13.7. The van der Waals surface area contributed by atoms with Crippen LogP contribution in [0.25, 0.3) is 11.0 Å². The molecule has 2 aromatic rings. The smallest absolute Gasteiger partial charge is 0.351 e. The highest BCUT2D eigenvalue weighted by atomic mass is 35.5. The summed E-state index contributed by atoms with van der Waals surface area (Å²) in [5.74, 6) is -2.50. The largest absolute Gasteiger partial charge is 0.437 e. The molecule has 52 heavy (non-hydrogen) atoms. The first-order valence-electron chi connectivity index (χ1n) is 16.1. The lowest BCUT2D eigenvalue weighted by Gasteiger charge is -2.35. The Bertz CT molecular complexity index is 1870. The first-order chi connectivity index (χ1) is 24.5. The number of nitriles is 1. The van der Waals surface area contributed by atoms with Crippen molar-refractivity contribution in [1.29, 1.82) is 5.26 Å². The van der Waals surface area contributed by atoms with Crippen molar-refractivity contribution in [1.82, 2.24) is 9.55 Å². The standard InChI is InChI=1S/C30H37ClFN4O14PS/c1-29(9-44-10-29)27(39)46-13-48-51(41,49-14-47-28(40)30(2)11-45-12-30)15-52(42,43)8-20-22(37)23(38)26(50-20)36-4-3-18-21(34-17-5-16(32)6-17)19(7-33)24(31)35-25(18)36/h3-4,16-17,20,22-23,26,37-38H,5-6,8-15H2,1-2H3,(H,34,35)/t16?,17?,20-,22-,23-,26-/m1/s1. The van der Waals surface area contributed by atoms with Gasteiger partial charge in [-0.25, -0.2) is 17.8 Å². The number of carbonyl (C=O) groups excluding carboxylic acids is 2. The van der Waals surface area contributed by atoms with E-state index in [4.69, 9.17) is 44.3 Å². The Morgan fingerprint density at radius 1 is 1.12 bits per heavy atom. The van der Waals surface area contributed by atoms with Gasteiger partial charge in [0.1, 0.15) is 52.6 Å². The number of alkyl halides is 1. The normalized spacial score (nSPS) is 27.9. The molecule has 18 nitrogen and oxygen atoms in total. The number of nitrogens with one attached hydrogen (secondary N) is 1. The third-order valence-electron chi connectivity index (χ3n) is 9.29. The summed E-state index contributed by atoms with van der Waals surface area (Å²) in [5.41, 5.74) is -2.84. The van der Waals surface area contributed by atoms with E-state index >= 15 is 0 Å². The Hall–Kier alpha value is -2.96. The van der Waals surface area contributed by atoms with E-state index in [0.29, 0.717) is 5.39 Å². The van der Waals surface area contributed by atoms with Crippen molar-refractivity contribution in [3.8, 4) is 6.07 Å². The molecule has 286 valence electrons. The van der Waals surface area contributed by atoms with Crippen LogP contribution in [0.4, 0.5) is 10.1 Å². The molecule has 4 atom stereocenters. The number of ether oxygens (including phenoxy) is 5. The summed E-state index contributed by atoms with van der Waals surface area (Å²) in [4.78, 5) is 29.1. The van der Waals surface area contributed by atoms with E-state index in [2.05, 4.69) is 10.3 Å². The number of hydrogen-bond acceptors (Lipinski definition) is 17. The lowest BCUT2D eigenvalue weighted by Crippen LogP contribution is -2.47. The molecule has 2 aromatic heterocycles. The van der Waals surface area contributed by atoms with Crippen LogP contribution < -0.4 is 5.32 Å². The third-order valence-corrected chi connectivity index (χ3v) is 14.2. The highest BCUT2D eigenvalue weighted by Gasteiger charge is 2.48. The van der Waals surface area contributed by atoms with Crippen LogP contribution in [0.1, 0.15) is 38.5 Å². The van der Waals surface area contributed by atoms with Gasteiger partial charge in [0.05, 0.1) is 37.9 Å². The molecule has 22 heteroatoms. The number of aliphatic hydroxyl groups is 2. The summed E-state index contributed by atoms with van der Waals surface area (Å²) < 4.78 is 91.7. The van der Waals surface area contributed by atoms with Gasteiger partial charge >= 0.3 is 19.5 Å². The number of esters is 2. The zero-order valence-electron chi connectivity index (χ0n) is 27.9. The second-order valence-corrected chi connectivity index (χ2v) is 18.7. The Kier molecular flexibility index (Phi) is 11.0. The number of rotatable bonds is 15. The topological polar surface area (TPSA) is 244 Å². The number of halogens is 2. The number of anilines is 1. The molecular weight excluding hydrogens is 758 g/mol. The molecule has 0 unspecified atom stereocenters. The fraction of sp³-hybridized carbons (Fsp3) is 0.667. The molecule has 1 aliphatic carbocycles. The Labute approximate surface area is 301 Å². The lowest BCUT2D eigenvalue weighted by molar-refractivity contribution is -0.189. The van der Waals surface area contributed by atoms with Gasteiger partial charge in [0.2, 0.25) is 13.6 Å². The zero-order chi connectivity index (χ0) is 37.6. The molecular formula is C30H37ClFN4O14PS. The van der Waals surface area contributed by atoms with Gasteiger partial charge in [-0.3, -0.25) is 23.2 Å². The average Bonchev–Trinajstić information content (AvgIpc) is 3.56. The second-order valence-electron chi connectivity index (χ2n) is 13.8. The van der Waals surface area contributed by atoms with E-state index in [1.54, 1.807) is 19.9 Å². The van der Waals surface area contributed by atoms with Gasteiger partial charge in [-0.2, -0.15) is 5.26 Å². The molecule has 0 spiro atoms. The number of pyridine rings is 1. The molecule has 3 aliphatic heterocycles. The van der Waals surface area contributed by atoms with Crippen LogP contribution >= 0.6 is 19.2 Å². The van der Waals surface area contributed by atoms with Crippen LogP contribution in [0, 0.1) is 22.2 Å². The van der Waals surface area contributed by atoms with E-state index in [-0.39, 0.29) is 67.4 Å². The quantitative estimate of drug-likeness (QED) is 0.101. The maximum atomic E-state index is 13.7. The highest BCUT2D eigenvalue weighted by molar-refractivity contribution is 7.97. The third kappa shape index (κ3) is 7.80. The highest BCUT2D eigenvalue weighted by Crippen LogP contribution is 2.50. The zero-order valence-corrected chi connectivity index (χ0v) is 30.4. The van der Waals surface area contributed by atoms with E-state index < -0.39 is 95.7 Å². The van der Waals surface area contributed by atoms with Crippen LogP contribution in [-0.4, -0.2) is 122 Å². The van der Waals surface area contributed by atoms with Crippen molar-refractivity contribution in [3.63, 3.8) is 0 Å². The molecule has 4 fully saturated rings.